The van der Waals surface area contributed by atoms with Crippen LogP contribution in [-0.2, 0) is 19.8 Å². The molecule has 4 heterocycles. The molecule has 5 atom stereocenters. The van der Waals surface area contributed by atoms with Gasteiger partial charge in [-0.1, -0.05) is 17.7 Å². The molecule has 5 aliphatic rings. The van der Waals surface area contributed by atoms with Gasteiger partial charge >= 0.3 is 0 Å². The number of anilines is 1. The van der Waals surface area contributed by atoms with E-state index >= 15 is 0 Å². The number of carbonyl (C=O) groups is 1. The molecule has 1 saturated carbocycles. The standard InChI is InChI=1S/C21H26N2O4/c1-4-12-10-22-17-9-21(19-8-14(12)15(17)11-27-19)16-6-5-13(25-2)7-18(16)23(26-3)20(21)24/h4-7,14-15,17,19,22H,8-11H2,1-3H3/b12-4+/t14-,15?,17?,19-,21-/m1/s1. The van der Waals surface area contributed by atoms with Crippen molar-refractivity contribution in [3.63, 3.8) is 0 Å². The van der Waals surface area contributed by atoms with Gasteiger partial charge in [-0.2, -0.15) is 5.06 Å². The van der Waals surface area contributed by atoms with E-state index in [0.717, 1.165) is 30.6 Å². The first-order valence-corrected chi connectivity index (χ1v) is 9.71. The minimum Gasteiger partial charge on any atom is -0.497 e. The van der Waals surface area contributed by atoms with Crippen LogP contribution in [0.4, 0.5) is 5.69 Å². The summed E-state index contributed by atoms with van der Waals surface area (Å²) in [4.78, 5) is 19.2. The van der Waals surface area contributed by atoms with E-state index in [2.05, 4.69) is 18.3 Å². The van der Waals surface area contributed by atoms with Gasteiger partial charge in [-0.15, -0.1) is 0 Å². The first kappa shape index (κ1) is 17.2. The number of methoxy groups -OCH3 is 1. The number of hydrogen-bond acceptors (Lipinski definition) is 5. The number of piperidine rings is 1. The zero-order valence-corrected chi connectivity index (χ0v) is 16.0. The summed E-state index contributed by atoms with van der Waals surface area (Å²) in [6, 6.07) is 6.11. The Kier molecular flexibility index (Phi) is 3.86. The molecule has 144 valence electrons. The molecule has 1 aromatic carbocycles. The molecule has 0 radical (unpaired) electrons. The van der Waals surface area contributed by atoms with Crippen molar-refractivity contribution in [3.8, 4) is 5.75 Å². The monoisotopic (exact) mass is 370 g/mol. The van der Waals surface area contributed by atoms with E-state index in [9.17, 15) is 4.79 Å². The minimum absolute atomic E-state index is 0.0183. The maximum absolute atomic E-state index is 13.7. The third kappa shape index (κ3) is 2.15. The number of fused-ring (bicyclic) bond motifs is 2. The lowest BCUT2D eigenvalue weighted by Gasteiger charge is -2.42. The first-order chi connectivity index (χ1) is 13.1. The lowest BCUT2D eigenvalue weighted by Crippen LogP contribution is -2.50. The summed E-state index contributed by atoms with van der Waals surface area (Å²) in [6.07, 6.45) is 3.72. The average Bonchev–Trinajstić information content (AvgIpc) is 2.80. The topological polar surface area (TPSA) is 60.0 Å². The van der Waals surface area contributed by atoms with Crippen LogP contribution in [0, 0.1) is 11.8 Å². The summed E-state index contributed by atoms with van der Waals surface area (Å²) in [5.74, 6) is 1.61. The second kappa shape index (κ2) is 6.06. The van der Waals surface area contributed by atoms with E-state index < -0.39 is 5.41 Å². The minimum atomic E-state index is -0.706. The number of hydrogen-bond donors (Lipinski definition) is 1. The second-order valence-electron chi connectivity index (χ2n) is 8.02. The SMILES string of the molecule is C/C=C1\CNC2C[C@]3(C(=O)N(OC)c4cc(OC)ccc43)[C@H]3C[C@H]1C2CO3. The smallest absolute Gasteiger partial charge is 0.264 e. The van der Waals surface area contributed by atoms with Crippen molar-refractivity contribution < 1.29 is 19.1 Å². The molecule has 1 amide bonds. The molecular weight excluding hydrogens is 344 g/mol. The Bertz CT molecular complexity index is 822. The Hall–Kier alpha value is -1.89. The van der Waals surface area contributed by atoms with E-state index in [4.69, 9.17) is 14.3 Å². The molecular formula is C21H26N2O4. The maximum atomic E-state index is 13.7. The molecule has 6 nitrogen and oxygen atoms in total. The van der Waals surface area contributed by atoms with Gasteiger partial charge < -0.3 is 14.8 Å². The predicted octanol–water partition coefficient (Wildman–Crippen LogP) is 2.18. The molecule has 1 aromatic rings. The van der Waals surface area contributed by atoms with Crippen molar-refractivity contribution in [2.45, 2.75) is 37.3 Å². The molecule has 4 aliphatic heterocycles. The number of hydroxylamine groups is 1. The van der Waals surface area contributed by atoms with E-state index in [-0.39, 0.29) is 18.1 Å². The van der Waals surface area contributed by atoms with Crippen LogP contribution in [-0.4, -0.2) is 45.4 Å². The summed E-state index contributed by atoms with van der Waals surface area (Å²) in [5.41, 5.74) is 2.52. The Morgan fingerprint density at radius 2 is 2.22 bits per heavy atom. The van der Waals surface area contributed by atoms with Crippen LogP contribution in [0.5, 0.6) is 5.75 Å². The Morgan fingerprint density at radius 3 is 2.96 bits per heavy atom. The number of nitrogens with zero attached hydrogens (tertiary/aromatic N) is 1. The van der Waals surface area contributed by atoms with Crippen molar-refractivity contribution in [3.05, 3.63) is 35.4 Å². The van der Waals surface area contributed by atoms with Gasteiger partial charge in [-0.05, 0) is 37.3 Å². The molecule has 4 fully saturated rings. The van der Waals surface area contributed by atoms with Gasteiger partial charge in [-0.3, -0.25) is 9.63 Å². The quantitative estimate of drug-likeness (QED) is 0.809. The van der Waals surface area contributed by atoms with Crippen molar-refractivity contribution in [1.82, 2.24) is 5.32 Å². The van der Waals surface area contributed by atoms with Gasteiger partial charge in [0.1, 0.15) is 11.2 Å². The molecule has 4 bridgehead atoms. The first-order valence-electron chi connectivity index (χ1n) is 9.71. The van der Waals surface area contributed by atoms with Crippen LogP contribution < -0.4 is 15.1 Å². The highest BCUT2D eigenvalue weighted by atomic mass is 16.7. The number of allylic oxidation sites excluding steroid dienone is 1. The van der Waals surface area contributed by atoms with Crippen molar-refractivity contribution in [2.24, 2.45) is 11.8 Å². The number of nitrogens with one attached hydrogen (secondary N) is 1. The van der Waals surface area contributed by atoms with Crippen LogP contribution in [0.1, 0.15) is 25.3 Å². The number of amides is 1. The molecule has 6 heteroatoms. The lowest BCUT2D eigenvalue weighted by atomic mass is 9.72. The van der Waals surface area contributed by atoms with Gasteiger partial charge in [0, 0.05) is 24.6 Å². The van der Waals surface area contributed by atoms with Gasteiger partial charge in [0.15, 0.2) is 0 Å². The van der Waals surface area contributed by atoms with Crippen molar-refractivity contribution in [1.29, 1.82) is 0 Å². The molecule has 1 spiro atoms. The average molecular weight is 370 g/mol. The molecule has 6 rings (SSSR count). The van der Waals surface area contributed by atoms with Gasteiger partial charge in [0.25, 0.3) is 5.91 Å². The zero-order valence-electron chi connectivity index (χ0n) is 16.0. The van der Waals surface area contributed by atoms with Crippen LogP contribution in [0.25, 0.3) is 0 Å². The zero-order chi connectivity index (χ0) is 18.8. The van der Waals surface area contributed by atoms with Crippen LogP contribution in [0.2, 0.25) is 0 Å². The van der Waals surface area contributed by atoms with Gasteiger partial charge in [-0.25, -0.2) is 0 Å². The molecule has 3 saturated heterocycles. The molecule has 1 aliphatic carbocycles. The fraction of sp³-hybridized carbons (Fsp3) is 0.571. The lowest BCUT2D eigenvalue weighted by molar-refractivity contribution is -0.137. The third-order valence-corrected chi connectivity index (χ3v) is 7.15. The number of carbonyl (C=O) groups excluding carboxylic acids is 1. The van der Waals surface area contributed by atoms with Crippen LogP contribution in [0.15, 0.2) is 29.8 Å². The summed E-state index contributed by atoms with van der Waals surface area (Å²) < 4.78 is 11.7. The van der Waals surface area contributed by atoms with Gasteiger partial charge in [0.2, 0.25) is 0 Å². The van der Waals surface area contributed by atoms with Crippen molar-refractivity contribution >= 4 is 11.6 Å². The highest BCUT2D eigenvalue weighted by molar-refractivity contribution is 6.07. The summed E-state index contributed by atoms with van der Waals surface area (Å²) in [7, 11) is 3.18. The largest absolute Gasteiger partial charge is 0.497 e. The third-order valence-electron chi connectivity index (χ3n) is 7.15. The second-order valence-corrected chi connectivity index (χ2v) is 8.02. The summed E-state index contributed by atoms with van der Waals surface area (Å²) in [5, 5.41) is 5.12. The maximum Gasteiger partial charge on any atom is 0.264 e. The van der Waals surface area contributed by atoms with Gasteiger partial charge in [0.05, 0.1) is 32.6 Å². The van der Waals surface area contributed by atoms with Crippen LogP contribution >= 0.6 is 0 Å². The molecule has 1 N–H and O–H groups in total. The van der Waals surface area contributed by atoms with E-state index in [1.165, 1.54) is 10.6 Å². The number of benzene rings is 1. The highest BCUT2D eigenvalue weighted by Crippen LogP contribution is 2.56. The normalized spacial score (nSPS) is 38.4. The number of rotatable bonds is 2. The predicted molar refractivity (Wildman–Crippen MR) is 101 cm³/mol. The molecule has 27 heavy (non-hydrogen) atoms. The van der Waals surface area contributed by atoms with E-state index in [0.29, 0.717) is 24.2 Å². The Labute approximate surface area is 159 Å². The number of ether oxygens (including phenoxy) is 2. The molecule has 0 aromatic heterocycles. The fourth-order valence-electron chi connectivity index (χ4n) is 5.81. The fourth-order valence-corrected chi connectivity index (χ4v) is 5.81. The Balaban J connectivity index is 1.67. The Morgan fingerprint density at radius 1 is 1.37 bits per heavy atom. The highest BCUT2D eigenvalue weighted by Gasteiger charge is 2.63. The summed E-state index contributed by atoms with van der Waals surface area (Å²) in [6.45, 7) is 3.72. The van der Waals surface area contributed by atoms with E-state index in [1.54, 1.807) is 14.2 Å². The van der Waals surface area contributed by atoms with Crippen LogP contribution in [0.3, 0.4) is 0 Å². The summed E-state index contributed by atoms with van der Waals surface area (Å²) >= 11 is 0. The molecule has 2 unspecified atom stereocenters. The van der Waals surface area contributed by atoms with E-state index in [1.807, 2.05) is 18.2 Å². The van der Waals surface area contributed by atoms with Crippen molar-refractivity contribution in [2.75, 3.05) is 32.4 Å².